The van der Waals surface area contributed by atoms with E-state index in [9.17, 15) is 0 Å². The third kappa shape index (κ3) is 9.11. The molecule has 2 rings (SSSR count). The van der Waals surface area contributed by atoms with Crippen LogP contribution in [0, 0.1) is 0 Å². The molecule has 2 atom stereocenters. The molecule has 0 aliphatic carbocycles. The Kier molecular flexibility index (Phi) is 13.4. The molecule has 168 valence electrons. The van der Waals surface area contributed by atoms with Crippen LogP contribution in [0.25, 0.3) is 0 Å². The largest absolute Gasteiger partial charge is 0.357 e. The maximum absolute atomic E-state index is 4.89. The summed E-state index contributed by atoms with van der Waals surface area (Å²) in [6.07, 6.45) is 3.58. The SMILES string of the molecule is CCNC(=NCC(C)N1CCc2sccc2C1)NC(C)CCCN(CC)CC.I. The van der Waals surface area contributed by atoms with Gasteiger partial charge in [-0.05, 0) is 76.7 Å². The zero-order valence-electron chi connectivity index (χ0n) is 19.0. The lowest BCUT2D eigenvalue weighted by Gasteiger charge is -2.31. The fourth-order valence-electron chi connectivity index (χ4n) is 3.77. The van der Waals surface area contributed by atoms with Crippen LogP contribution in [0.2, 0.25) is 0 Å². The second kappa shape index (κ2) is 14.6. The van der Waals surface area contributed by atoms with Crippen LogP contribution in [0.3, 0.4) is 0 Å². The van der Waals surface area contributed by atoms with Gasteiger partial charge in [0.15, 0.2) is 5.96 Å². The number of fused-ring (bicyclic) bond motifs is 1. The summed E-state index contributed by atoms with van der Waals surface area (Å²) >= 11 is 1.90. The molecule has 7 heteroatoms. The Labute approximate surface area is 199 Å². The summed E-state index contributed by atoms with van der Waals surface area (Å²) in [6, 6.07) is 3.18. The molecule has 1 aliphatic rings. The monoisotopic (exact) mass is 535 g/mol. The molecule has 1 aromatic rings. The molecule has 1 aliphatic heterocycles. The second-order valence-corrected chi connectivity index (χ2v) is 8.87. The Bertz CT molecular complexity index is 588. The fourth-order valence-corrected chi connectivity index (χ4v) is 4.66. The van der Waals surface area contributed by atoms with Gasteiger partial charge in [0.2, 0.25) is 0 Å². The van der Waals surface area contributed by atoms with Gasteiger partial charge in [0.1, 0.15) is 0 Å². The van der Waals surface area contributed by atoms with Crippen LogP contribution in [-0.4, -0.2) is 67.1 Å². The minimum Gasteiger partial charge on any atom is -0.357 e. The smallest absolute Gasteiger partial charge is 0.191 e. The van der Waals surface area contributed by atoms with Crippen LogP contribution in [-0.2, 0) is 13.0 Å². The van der Waals surface area contributed by atoms with E-state index in [1.165, 1.54) is 31.4 Å². The number of rotatable bonds is 11. The molecule has 2 N–H and O–H groups in total. The highest BCUT2D eigenvalue weighted by Crippen LogP contribution is 2.25. The Morgan fingerprint density at radius 1 is 1.28 bits per heavy atom. The Morgan fingerprint density at radius 2 is 2.03 bits per heavy atom. The van der Waals surface area contributed by atoms with E-state index in [2.05, 4.69) is 66.5 Å². The first-order chi connectivity index (χ1) is 13.6. The molecule has 0 fully saturated rings. The quantitative estimate of drug-likeness (QED) is 0.254. The number of aliphatic imine (C=N–C) groups is 1. The number of nitrogens with zero attached hydrogens (tertiary/aromatic N) is 3. The summed E-state index contributed by atoms with van der Waals surface area (Å²) in [5.41, 5.74) is 1.51. The van der Waals surface area contributed by atoms with E-state index in [1.54, 1.807) is 4.88 Å². The molecular formula is C22H42IN5S. The first-order valence-electron chi connectivity index (χ1n) is 11.1. The van der Waals surface area contributed by atoms with Crippen LogP contribution >= 0.6 is 35.3 Å². The Morgan fingerprint density at radius 3 is 2.72 bits per heavy atom. The van der Waals surface area contributed by atoms with Gasteiger partial charge in [-0.25, -0.2) is 0 Å². The van der Waals surface area contributed by atoms with Crippen molar-refractivity contribution < 1.29 is 0 Å². The fraction of sp³-hybridized carbons (Fsp3) is 0.773. The topological polar surface area (TPSA) is 42.9 Å². The van der Waals surface area contributed by atoms with Crippen molar-refractivity contribution in [2.45, 2.75) is 72.5 Å². The van der Waals surface area contributed by atoms with Crippen molar-refractivity contribution in [1.29, 1.82) is 0 Å². The zero-order chi connectivity index (χ0) is 20.4. The third-order valence-electron chi connectivity index (χ3n) is 5.71. The molecule has 0 saturated heterocycles. The van der Waals surface area contributed by atoms with Crippen molar-refractivity contribution in [3.05, 3.63) is 21.9 Å². The van der Waals surface area contributed by atoms with Gasteiger partial charge in [0, 0.05) is 36.6 Å². The van der Waals surface area contributed by atoms with Gasteiger partial charge in [-0.1, -0.05) is 13.8 Å². The number of nitrogens with one attached hydrogen (secondary N) is 2. The van der Waals surface area contributed by atoms with Crippen molar-refractivity contribution in [2.75, 3.05) is 39.3 Å². The van der Waals surface area contributed by atoms with E-state index in [0.29, 0.717) is 12.1 Å². The van der Waals surface area contributed by atoms with Gasteiger partial charge in [-0.3, -0.25) is 9.89 Å². The molecule has 0 amide bonds. The van der Waals surface area contributed by atoms with E-state index < -0.39 is 0 Å². The van der Waals surface area contributed by atoms with E-state index in [0.717, 1.165) is 45.2 Å². The lowest BCUT2D eigenvalue weighted by Crippen LogP contribution is -2.44. The first kappa shape index (κ1) is 26.7. The highest BCUT2D eigenvalue weighted by molar-refractivity contribution is 14.0. The van der Waals surface area contributed by atoms with E-state index in [1.807, 2.05) is 11.3 Å². The second-order valence-electron chi connectivity index (χ2n) is 7.87. The molecule has 0 radical (unpaired) electrons. The standard InChI is InChI=1S/C22H41N5S.HI/c1-6-23-22(25-18(4)10-9-13-26(7-2)8-3)24-16-19(5)27-14-11-21-20(17-27)12-15-28-21;/h12,15,18-19H,6-11,13-14,16-17H2,1-5H3,(H2,23,24,25);1H. The Balaban J connectivity index is 0.00000420. The van der Waals surface area contributed by atoms with Crippen LogP contribution in [0.4, 0.5) is 0 Å². The average molecular weight is 536 g/mol. The van der Waals surface area contributed by atoms with Gasteiger partial charge in [-0.2, -0.15) is 0 Å². The van der Waals surface area contributed by atoms with E-state index in [4.69, 9.17) is 4.99 Å². The molecule has 2 unspecified atom stereocenters. The minimum absolute atomic E-state index is 0. The van der Waals surface area contributed by atoms with Crippen molar-refractivity contribution in [1.82, 2.24) is 20.4 Å². The van der Waals surface area contributed by atoms with Gasteiger partial charge >= 0.3 is 0 Å². The van der Waals surface area contributed by atoms with E-state index >= 15 is 0 Å². The first-order valence-corrected chi connectivity index (χ1v) is 12.0. The molecule has 5 nitrogen and oxygen atoms in total. The third-order valence-corrected chi connectivity index (χ3v) is 6.73. The molecule has 0 spiro atoms. The summed E-state index contributed by atoms with van der Waals surface area (Å²) in [6.45, 7) is 18.6. The van der Waals surface area contributed by atoms with Crippen molar-refractivity contribution in [2.24, 2.45) is 4.99 Å². The number of thiophene rings is 1. The molecule has 0 aromatic carbocycles. The van der Waals surface area contributed by atoms with Crippen LogP contribution in [0.1, 0.15) is 57.9 Å². The van der Waals surface area contributed by atoms with Crippen LogP contribution in [0.5, 0.6) is 0 Å². The van der Waals surface area contributed by atoms with Crippen LogP contribution < -0.4 is 10.6 Å². The summed E-state index contributed by atoms with van der Waals surface area (Å²) in [4.78, 5) is 11.5. The molecule has 29 heavy (non-hydrogen) atoms. The summed E-state index contributed by atoms with van der Waals surface area (Å²) < 4.78 is 0. The zero-order valence-corrected chi connectivity index (χ0v) is 22.2. The maximum atomic E-state index is 4.89. The molecule has 0 saturated carbocycles. The maximum Gasteiger partial charge on any atom is 0.191 e. The van der Waals surface area contributed by atoms with Crippen molar-refractivity contribution in [3.63, 3.8) is 0 Å². The summed E-state index contributed by atoms with van der Waals surface area (Å²) in [7, 11) is 0. The molecular weight excluding hydrogens is 493 g/mol. The average Bonchev–Trinajstić information content (AvgIpc) is 3.17. The van der Waals surface area contributed by atoms with Gasteiger partial charge in [-0.15, -0.1) is 35.3 Å². The normalized spacial score (nSPS) is 16.8. The highest BCUT2D eigenvalue weighted by Gasteiger charge is 2.21. The highest BCUT2D eigenvalue weighted by atomic mass is 127. The van der Waals surface area contributed by atoms with Gasteiger partial charge in [0.25, 0.3) is 0 Å². The Hall–Kier alpha value is -0.380. The van der Waals surface area contributed by atoms with E-state index in [-0.39, 0.29) is 24.0 Å². The number of halogens is 1. The predicted octanol–water partition coefficient (Wildman–Crippen LogP) is 4.18. The summed E-state index contributed by atoms with van der Waals surface area (Å²) in [5.74, 6) is 0.956. The van der Waals surface area contributed by atoms with Crippen LogP contribution in [0.15, 0.2) is 16.4 Å². The number of hydrogen-bond donors (Lipinski definition) is 2. The predicted molar refractivity (Wildman–Crippen MR) is 139 cm³/mol. The minimum atomic E-state index is 0. The van der Waals surface area contributed by atoms with Crippen molar-refractivity contribution in [3.8, 4) is 0 Å². The van der Waals surface area contributed by atoms with Crippen molar-refractivity contribution >= 4 is 41.3 Å². The lowest BCUT2D eigenvalue weighted by molar-refractivity contribution is 0.197. The lowest BCUT2D eigenvalue weighted by atomic mass is 10.1. The molecule has 2 heterocycles. The number of hydrogen-bond acceptors (Lipinski definition) is 4. The summed E-state index contributed by atoms with van der Waals surface area (Å²) in [5, 5.41) is 9.25. The number of guanidine groups is 1. The molecule has 0 bridgehead atoms. The van der Waals surface area contributed by atoms with Gasteiger partial charge in [0.05, 0.1) is 6.54 Å². The molecule has 1 aromatic heterocycles. The van der Waals surface area contributed by atoms with Gasteiger partial charge < -0.3 is 15.5 Å².